The minimum absolute atomic E-state index is 0.0748. The Hall–Kier alpha value is -1.55. The molecule has 0 bridgehead atoms. The highest BCUT2D eigenvalue weighted by molar-refractivity contribution is 5.71. The molecular formula is C13H18O4. The fraction of sp³-hybridized carbons (Fsp3) is 0.462. The van der Waals surface area contributed by atoms with Gasteiger partial charge in [-0.25, -0.2) is 4.79 Å². The first-order chi connectivity index (χ1) is 8.11. The van der Waals surface area contributed by atoms with Crippen molar-refractivity contribution in [3.8, 4) is 5.75 Å². The van der Waals surface area contributed by atoms with Crippen molar-refractivity contribution in [3.05, 3.63) is 29.8 Å². The molecule has 0 N–H and O–H groups in total. The molecule has 0 heterocycles. The normalized spacial score (nSPS) is 10.4. The van der Waals surface area contributed by atoms with Crippen LogP contribution in [0.25, 0.3) is 0 Å². The van der Waals surface area contributed by atoms with Crippen molar-refractivity contribution in [2.45, 2.75) is 26.6 Å². The Morgan fingerprint density at radius 3 is 2.76 bits per heavy atom. The number of carbonyl (C=O) groups is 1. The number of esters is 1. The predicted octanol–water partition coefficient (Wildman–Crippen LogP) is 2.16. The molecule has 1 aromatic carbocycles. The van der Waals surface area contributed by atoms with E-state index in [1.807, 2.05) is 18.2 Å². The molecule has 0 aromatic heterocycles. The highest BCUT2D eigenvalue weighted by atomic mass is 16.6. The van der Waals surface area contributed by atoms with Crippen LogP contribution in [0.1, 0.15) is 19.4 Å². The van der Waals surface area contributed by atoms with Crippen LogP contribution in [0.2, 0.25) is 0 Å². The van der Waals surface area contributed by atoms with Crippen LogP contribution in [-0.2, 0) is 20.9 Å². The average Bonchev–Trinajstić information content (AvgIpc) is 2.26. The van der Waals surface area contributed by atoms with Gasteiger partial charge in [0.05, 0.1) is 12.7 Å². The van der Waals surface area contributed by atoms with Gasteiger partial charge in [0.15, 0.2) is 6.61 Å². The van der Waals surface area contributed by atoms with Crippen molar-refractivity contribution in [1.82, 2.24) is 0 Å². The second-order valence-electron chi connectivity index (χ2n) is 3.91. The molecule has 94 valence electrons. The van der Waals surface area contributed by atoms with E-state index in [0.717, 1.165) is 5.56 Å². The molecular weight excluding hydrogens is 220 g/mol. The molecule has 0 aliphatic heterocycles. The zero-order valence-corrected chi connectivity index (χ0v) is 10.4. The first-order valence-electron chi connectivity index (χ1n) is 5.52. The van der Waals surface area contributed by atoms with Gasteiger partial charge in [0.1, 0.15) is 5.75 Å². The Balaban J connectivity index is 2.45. The Kier molecular flexibility index (Phi) is 5.49. The van der Waals surface area contributed by atoms with Crippen LogP contribution >= 0.6 is 0 Å². The smallest absolute Gasteiger partial charge is 0.344 e. The van der Waals surface area contributed by atoms with Gasteiger partial charge in [0.25, 0.3) is 0 Å². The zero-order valence-electron chi connectivity index (χ0n) is 10.4. The largest absolute Gasteiger partial charge is 0.482 e. The summed E-state index contributed by atoms with van der Waals surface area (Å²) in [4.78, 5) is 11.3. The Bertz CT molecular complexity index is 360. The molecule has 0 fully saturated rings. The van der Waals surface area contributed by atoms with Crippen molar-refractivity contribution >= 4 is 5.97 Å². The summed E-state index contributed by atoms with van der Waals surface area (Å²) in [5.74, 6) is 0.275. The van der Waals surface area contributed by atoms with Crippen molar-refractivity contribution in [1.29, 1.82) is 0 Å². The van der Waals surface area contributed by atoms with Gasteiger partial charge in [-0.15, -0.1) is 0 Å². The van der Waals surface area contributed by atoms with E-state index in [1.54, 1.807) is 27.0 Å². The molecule has 0 amide bonds. The van der Waals surface area contributed by atoms with Crippen molar-refractivity contribution < 1.29 is 19.0 Å². The van der Waals surface area contributed by atoms with E-state index in [2.05, 4.69) is 0 Å². The minimum Gasteiger partial charge on any atom is -0.482 e. The third-order valence-electron chi connectivity index (χ3n) is 1.93. The van der Waals surface area contributed by atoms with E-state index in [-0.39, 0.29) is 18.7 Å². The van der Waals surface area contributed by atoms with E-state index in [9.17, 15) is 4.79 Å². The van der Waals surface area contributed by atoms with Gasteiger partial charge in [-0.2, -0.15) is 0 Å². The van der Waals surface area contributed by atoms with Gasteiger partial charge < -0.3 is 14.2 Å². The van der Waals surface area contributed by atoms with Crippen LogP contribution in [0, 0.1) is 0 Å². The van der Waals surface area contributed by atoms with Gasteiger partial charge >= 0.3 is 5.97 Å². The van der Waals surface area contributed by atoms with E-state index < -0.39 is 0 Å². The molecule has 0 unspecified atom stereocenters. The quantitative estimate of drug-likeness (QED) is 0.712. The number of rotatable bonds is 6. The van der Waals surface area contributed by atoms with Crippen LogP contribution < -0.4 is 4.74 Å². The van der Waals surface area contributed by atoms with Gasteiger partial charge in [-0.1, -0.05) is 12.1 Å². The number of hydrogen-bond acceptors (Lipinski definition) is 4. The molecule has 0 aliphatic rings. The third kappa shape index (κ3) is 5.36. The lowest BCUT2D eigenvalue weighted by molar-refractivity contribution is -0.149. The van der Waals surface area contributed by atoms with Crippen molar-refractivity contribution in [2.24, 2.45) is 0 Å². The average molecular weight is 238 g/mol. The van der Waals surface area contributed by atoms with Gasteiger partial charge in [-0.3, -0.25) is 0 Å². The number of benzene rings is 1. The van der Waals surface area contributed by atoms with Crippen molar-refractivity contribution in [3.63, 3.8) is 0 Å². The highest BCUT2D eigenvalue weighted by Gasteiger charge is 2.06. The second-order valence-corrected chi connectivity index (χ2v) is 3.91. The van der Waals surface area contributed by atoms with Crippen LogP contribution in [0.5, 0.6) is 5.75 Å². The topological polar surface area (TPSA) is 44.8 Å². The fourth-order valence-electron chi connectivity index (χ4n) is 1.33. The monoisotopic (exact) mass is 238 g/mol. The Morgan fingerprint density at radius 2 is 2.12 bits per heavy atom. The lowest BCUT2D eigenvalue weighted by Gasteiger charge is -2.10. The van der Waals surface area contributed by atoms with Crippen LogP contribution in [0.3, 0.4) is 0 Å². The summed E-state index contributed by atoms with van der Waals surface area (Å²) >= 11 is 0. The van der Waals surface area contributed by atoms with E-state index in [1.165, 1.54) is 0 Å². The lowest BCUT2D eigenvalue weighted by atomic mass is 10.2. The van der Waals surface area contributed by atoms with Crippen molar-refractivity contribution in [2.75, 3.05) is 13.7 Å². The van der Waals surface area contributed by atoms with E-state index in [0.29, 0.717) is 12.4 Å². The molecule has 4 heteroatoms. The third-order valence-corrected chi connectivity index (χ3v) is 1.93. The Labute approximate surface area is 101 Å². The summed E-state index contributed by atoms with van der Waals surface area (Å²) in [7, 11) is 1.63. The number of hydrogen-bond donors (Lipinski definition) is 0. The summed E-state index contributed by atoms with van der Waals surface area (Å²) in [5, 5.41) is 0. The summed E-state index contributed by atoms with van der Waals surface area (Å²) < 4.78 is 15.3. The van der Waals surface area contributed by atoms with Gasteiger partial charge in [-0.05, 0) is 31.5 Å². The standard InChI is InChI=1S/C13H18O4/c1-10(2)17-13(14)9-16-12-6-4-5-11(7-12)8-15-3/h4-7,10H,8-9H2,1-3H3. The fourth-order valence-corrected chi connectivity index (χ4v) is 1.33. The summed E-state index contributed by atoms with van der Waals surface area (Å²) in [6.45, 7) is 4.05. The maximum atomic E-state index is 11.3. The summed E-state index contributed by atoms with van der Waals surface area (Å²) in [6, 6.07) is 7.42. The molecule has 4 nitrogen and oxygen atoms in total. The molecule has 0 aliphatic carbocycles. The summed E-state index contributed by atoms with van der Waals surface area (Å²) in [6.07, 6.45) is -0.120. The Morgan fingerprint density at radius 1 is 1.35 bits per heavy atom. The molecule has 0 atom stereocenters. The lowest BCUT2D eigenvalue weighted by Crippen LogP contribution is -2.18. The number of methoxy groups -OCH3 is 1. The molecule has 1 rings (SSSR count). The molecule has 1 aromatic rings. The first kappa shape index (κ1) is 13.5. The molecule has 17 heavy (non-hydrogen) atoms. The molecule has 0 spiro atoms. The number of ether oxygens (including phenoxy) is 3. The van der Waals surface area contributed by atoms with Crippen LogP contribution in [-0.4, -0.2) is 25.8 Å². The van der Waals surface area contributed by atoms with Gasteiger partial charge in [0, 0.05) is 7.11 Å². The maximum absolute atomic E-state index is 11.3. The predicted molar refractivity (Wildman–Crippen MR) is 63.9 cm³/mol. The summed E-state index contributed by atoms with van der Waals surface area (Å²) in [5.41, 5.74) is 1.00. The zero-order chi connectivity index (χ0) is 12.7. The second kappa shape index (κ2) is 6.91. The first-order valence-corrected chi connectivity index (χ1v) is 5.52. The number of carbonyl (C=O) groups excluding carboxylic acids is 1. The van der Waals surface area contributed by atoms with E-state index >= 15 is 0 Å². The molecule has 0 saturated carbocycles. The maximum Gasteiger partial charge on any atom is 0.344 e. The SMILES string of the molecule is COCc1cccc(OCC(=O)OC(C)C)c1. The highest BCUT2D eigenvalue weighted by Crippen LogP contribution is 2.13. The van der Waals surface area contributed by atoms with Crippen LogP contribution in [0.15, 0.2) is 24.3 Å². The van der Waals surface area contributed by atoms with Gasteiger partial charge in [0.2, 0.25) is 0 Å². The molecule has 0 radical (unpaired) electrons. The van der Waals surface area contributed by atoms with E-state index in [4.69, 9.17) is 14.2 Å². The molecule has 0 saturated heterocycles. The van der Waals surface area contributed by atoms with Crippen LogP contribution in [0.4, 0.5) is 0 Å². The minimum atomic E-state index is -0.364.